The molecule has 20 heavy (non-hydrogen) atoms. The smallest absolute Gasteiger partial charge is 0.148 e. The Kier molecular flexibility index (Phi) is 3.72. The van der Waals surface area contributed by atoms with Crippen molar-refractivity contribution >= 4 is 39.1 Å². The fourth-order valence-electron chi connectivity index (χ4n) is 1.94. The van der Waals surface area contributed by atoms with E-state index in [-0.39, 0.29) is 0 Å². The van der Waals surface area contributed by atoms with E-state index in [0.717, 1.165) is 26.4 Å². The lowest BCUT2D eigenvalue weighted by Gasteiger charge is -2.07. The third-order valence-electron chi connectivity index (χ3n) is 2.91. The van der Waals surface area contributed by atoms with Gasteiger partial charge >= 0.3 is 0 Å². The number of phenols is 1. The van der Waals surface area contributed by atoms with Crippen LogP contribution in [0.1, 0.15) is 5.69 Å². The highest BCUT2D eigenvalue weighted by Gasteiger charge is 2.10. The third-order valence-corrected chi connectivity index (χ3v) is 4.70. The number of nitrogens with two attached hydrogens (primary N) is 1. The summed E-state index contributed by atoms with van der Waals surface area (Å²) >= 11 is 2.88. The van der Waals surface area contributed by atoms with Gasteiger partial charge < -0.3 is 10.5 Å². The fraction of sp³-hybridized carbons (Fsp3) is 0.0769. The summed E-state index contributed by atoms with van der Waals surface area (Å²) in [5.41, 5.74) is 3.43. The van der Waals surface area contributed by atoms with Crippen molar-refractivity contribution in [3.05, 3.63) is 42.1 Å². The average Bonchev–Trinajstić information content (AvgIpc) is 2.94. The first-order chi connectivity index (χ1) is 9.79. The number of benzene rings is 2. The van der Waals surface area contributed by atoms with E-state index >= 15 is 0 Å². The standard InChI is InChI=1S/C13H12N4OS2/c14-15-13-10(16-17-20-13)7-19-12-6-5-11(18)8-3-1-2-4-9(8)12/h1-6,15,18H,7,14H2. The molecule has 0 saturated heterocycles. The van der Waals surface area contributed by atoms with Gasteiger partial charge in [-0.05, 0) is 17.5 Å². The maximum atomic E-state index is 9.87. The molecule has 0 bridgehead atoms. The number of hydrazine groups is 1. The van der Waals surface area contributed by atoms with Crippen molar-refractivity contribution in [3.63, 3.8) is 0 Å². The number of thioether (sulfide) groups is 1. The number of fused-ring (bicyclic) bond motifs is 1. The Balaban J connectivity index is 1.90. The third kappa shape index (κ3) is 2.43. The number of nitrogens with one attached hydrogen (secondary N) is 1. The molecule has 0 aliphatic rings. The molecule has 3 rings (SSSR count). The topological polar surface area (TPSA) is 84.1 Å². The normalized spacial score (nSPS) is 10.8. The minimum absolute atomic E-state index is 0.296. The highest BCUT2D eigenvalue weighted by atomic mass is 32.2. The molecule has 4 N–H and O–H groups in total. The summed E-state index contributed by atoms with van der Waals surface area (Å²) in [6.07, 6.45) is 0. The summed E-state index contributed by atoms with van der Waals surface area (Å²) < 4.78 is 3.88. The minimum atomic E-state index is 0.296. The predicted molar refractivity (Wildman–Crippen MR) is 82.9 cm³/mol. The van der Waals surface area contributed by atoms with Crippen molar-refractivity contribution in [2.45, 2.75) is 10.6 Å². The lowest BCUT2D eigenvalue weighted by molar-refractivity contribution is 0.481. The highest BCUT2D eigenvalue weighted by molar-refractivity contribution is 7.98. The van der Waals surface area contributed by atoms with Crippen LogP contribution in [0.2, 0.25) is 0 Å². The largest absolute Gasteiger partial charge is 0.507 e. The molecule has 0 radical (unpaired) electrons. The van der Waals surface area contributed by atoms with E-state index in [1.165, 1.54) is 11.5 Å². The number of rotatable bonds is 4. The number of nitrogen functional groups attached to an aromatic ring is 1. The quantitative estimate of drug-likeness (QED) is 0.390. The summed E-state index contributed by atoms with van der Waals surface area (Å²) in [6, 6.07) is 11.4. The van der Waals surface area contributed by atoms with E-state index in [9.17, 15) is 5.11 Å². The minimum Gasteiger partial charge on any atom is -0.507 e. The molecular weight excluding hydrogens is 292 g/mol. The van der Waals surface area contributed by atoms with Crippen molar-refractivity contribution in [1.29, 1.82) is 0 Å². The summed E-state index contributed by atoms with van der Waals surface area (Å²) in [7, 11) is 0. The molecule has 0 amide bonds. The van der Waals surface area contributed by atoms with Crippen LogP contribution in [-0.4, -0.2) is 14.7 Å². The zero-order chi connectivity index (χ0) is 13.9. The number of aromatic nitrogens is 2. The number of hydrogen-bond acceptors (Lipinski definition) is 7. The van der Waals surface area contributed by atoms with Gasteiger partial charge in [-0.25, -0.2) is 5.84 Å². The van der Waals surface area contributed by atoms with Gasteiger partial charge in [-0.1, -0.05) is 28.8 Å². The van der Waals surface area contributed by atoms with E-state index in [4.69, 9.17) is 5.84 Å². The maximum Gasteiger partial charge on any atom is 0.148 e. The van der Waals surface area contributed by atoms with Gasteiger partial charge in [0.05, 0.1) is 0 Å². The Morgan fingerprint density at radius 3 is 2.80 bits per heavy atom. The molecule has 1 heterocycles. The average molecular weight is 304 g/mol. The van der Waals surface area contributed by atoms with Crippen molar-refractivity contribution in [2.75, 3.05) is 5.43 Å². The van der Waals surface area contributed by atoms with Crippen LogP contribution in [-0.2, 0) is 5.75 Å². The zero-order valence-electron chi connectivity index (χ0n) is 10.4. The van der Waals surface area contributed by atoms with Crippen LogP contribution in [0.15, 0.2) is 41.3 Å². The van der Waals surface area contributed by atoms with Crippen LogP contribution in [0, 0.1) is 0 Å². The maximum absolute atomic E-state index is 9.87. The van der Waals surface area contributed by atoms with E-state index in [1.54, 1.807) is 17.8 Å². The molecule has 3 aromatic rings. The zero-order valence-corrected chi connectivity index (χ0v) is 12.0. The van der Waals surface area contributed by atoms with E-state index in [1.807, 2.05) is 30.3 Å². The van der Waals surface area contributed by atoms with Crippen LogP contribution in [0.3, 0.4) is 0 Å². The second-order valence-corrected chi connectivity index (χ2v) is 5.88. The molecule has 102 valence electrons. The van der Waals surface area contributed by atoms with Crippen LogP contribution >= 0.6 is 23.3 Å². The molecule has 7 heteroatoms. The highest BCUT2D eigenvalue weighted by Crippen LogP contribution is 2.35. The SMILES string of the molecule is NNc1snnc1CSc1ccc(O)c2ccccc12. The van der Waals surface area contributed by atoms with Crippen molar-refractivity contribution in [2.24, 2.45) is 5.84 Å². The predicted octanol–water partition coefficient (Wildman–Crippen LogP) is 2.97. The van der Waals surface area contributed by atoms with Gasteiger partial charge in [0.15, 0.2) is 0 Å². The summed E-state index contributed by atoms with van der Waals surface area (Å²) in [5.74, 6) is 6.38. The molecule has 0 aliphatic heterocycles. The number of anilines is 1. The van der Waals surface area contributed by atoms with Gasteiger partial charge in [-0.2, -0.15) is 0 Å². The molecule has 0 aliphatic carbocycles. The molecule has 0 spiro atoms. The first-order valence-corrected chi connectivity index (χ1v) is 7.67. The molecule has 0 fully saturated rings. The molecular formula is C13H12N4OS2. The van der Waals surface area contributed by atoms with E-state index in [2.05, 4.69) is 15.0 Å². The second kappa shape index (κ2) is 5.66. The number of aromatic hydroxyl groups is 1. The summed E-state index contributed by atoms with van der Waals surface area (Å²) in [4.78, 5) is 1.09. The van der Waals surface area contributed by atoms with Gasteiger partial charge in [0.25, 0.3) is 0 Å². The van der Waals surface area contributed by atoms with Crippen LogP contribution in [0.25, 0.3) is 10.8 Å². The first-order valence-electron chi connectivity index (χ1n) is 5.91. The van der Waals surface area contributed by atoms with E-state index < -0.39 is 0 Å². The first kappa shape index (κ1) is 13.2. The van der Waals surface area contributed by atoms with Crippen LogP contribution in [0.5, 0.6) is 5.75 Å². The lowest BCUT2D eigenvalue weighted by atomic mass is 10.1. The molecule has 1 aromatic heterocycles. The Labute approximate surface area is 124 Å². The van der Waals surface area contributed by atoms with Gasteiger partial charge in [-0.15, -0.1) is 16.9 Å². The fourth-order valence-corrected chi connectivity index (χ4v) is 3.52. The Bertz CT molecular complexity index is 744. The Hall–Kier alpha value is -1.83. The van der Waals surface area contributed by atoms with Gasteiger partial charge in [0.2, 0.25) is 0 Å². The summed E-state index contributed by atoms with van der Waals surface area (Å²) in [6.45, 7) is 0. The van der Waals surface area contributed by atoms with Gasteiger partial charge in [0.1, 0.15) is 16.4 Å². The monoisotopic (exact) mass is 304 g/mol. The van der Waals surface area contributed by atoms with Crippen LogP contribution in [0.4, 0.5) is 5.00 Å². The molecule has 2 aromatic carbocycles. The Morgan fingerprint density at radius 2 is 2.00 bits per heavy atom. The summed E-state index contributed by atoms with van der Waals surface area (Å²) in [5, 5.41) is 16.6. The number of phenolic OH excluding ortho intramolecular Hbond substituents is 1. The van der Waals surface area contributed by atoms with Gasteiger partial charge in [-0.3, -0.25) is 0 Å². The molecule has 5 nitrogen and oxygen atoms in total. The molecule has 0 saturated carbocycles. The van der Waals surface area contributed by atoms with Gasteiger partial charge in [0, 0.05) is 27.6 Å². The van der Waals surface area contributed by atoms with Crippen LogP contribution < -0.4 is 11.3 Å². The second-order valence-electron chi connectivity index (χ2n) is 4.11. The number of nitrogens with zero attached hydrogens (tertiary/aromatic N) is 2. The van der Waals surface area contributed by atoms with Crippen molar-refractivity contribution in [3.8, 4) is 5.75 Å². The Morgan fingerprint density at radius 1 is 1.20 bits per heavy atom. The lowest BCUT2D eigenvalue weighted by Crippen LogP contribution is -2.06. The van der Waals surface area contributed by atoms with E-state index in [0.29, 0.717) is 11.5 Å². The van der Waals surface area contributed by atoms with Crippen molar-refractivity contribution < 1.29 is 5.11 Å². The number of hydrogen-bond donors (Lipinski definition) is 3. The molecule has 0 unspecified atom stereocenters. The molecule has 0 atom stereocenters. The van der Waals surface area contributed by atoms with Crippen molar-refractivity contribution in [1.82, 2.24) is 9.59 Å².